The van der Waals surface area contributed by atoms with Crippen molar-refractivity contribution in [1.82, 2.24) is 0 Å². The topological polar surface area (TPSA) is 225 Å². The molecule has 124 valence electrons. The Morgan fingerprint density at radius 1 is 1.10 bits per heavy atom. The third-order valence-electron chi connectivity index (χ3n) is 1.29. The first kappa shape index (κ1) is 24.6. The number of aliphatic carboxylic acids is 1. The van der Waals surface area contributed by atoms with Crippen molar-refractivity contribution in [2.24, 2.45) is 11.5 Å². The van der Waals surface area contributed by atoms with Gasteiger partial charge >= 0.3 is 21.7 Å². The van der Waals surface area contributed by atoms with Crippen LogP contribution in [-0.2, 0) is 13.9 Å². The molecule has 0 aromatic heterocycles. The molecule has 1 atom stereocenters. The van der Waals surface area contributed by atoms with Crippen LogP contribution in [0.2, 0.25) is 0 Å². The number of hydrogen-bond donors (Lipinski definition) is 8. The number of carbonyl (C=O) groups is 1. The minimum atomic E-state index is -5.14. The summed E-state index contributed by atoms with van der Waals surface area (Å²) in [5.74, 6) is -0.933. The second-order valence-electron chi connectivity index (χ2n) is 3.22. The van der Waals surface area contributed by atoms with Gasteiger partial charge in [0.25, 0.3) is 0 Å². The molecule has 0 saturated carbocycles. The summed E-state index contributed by atoms with van der Waals surface area (Å²) in [4.78, 5) is 45.6. The summed E-state index contributed by atoms with van der Waals surface area (Å²) < 4.78 is 27.9. The van der Waals surface area contributed by atoms with Gasteiger partial charge in [-0.15, -0.1) is 4.20 Å². The van der Waals surface area contributed by atoms with Gasteiger partial charge in [0.15, 0.2) is 0 Å². The molecule has 0 aliphatic rings. The van der Waals surface area contributed by atoms with Gasteiger partial charge in [0.2, 0.25) is 0 Å². The zero-order chi connectivity index (χ0) is 17.0. The van der Waals surface area contributed by atoms with Gasteiger partial charge in [-0.2, -0.15) is 0 Å². The molecule has 0 spiro atoms. The zero-order valence-corrected chi connectivity index (χ0v) is 12.0. The van der Waals surface area contributed by atoms with Crippen LogP contribution in [0.15, 0.2) is 0 Å². The van der Waals surface area contributed by atoms with Gasteiger partial charge in [-0.3, -0.25) is 14.6 Å². The van der Waals surface area contributed by atoms with Crippen LogP contribution < -0.4 is 11.5 Å². The van der Waals surface area contributed by atoms with Crippen LogP contribution in [0.5, 0.6) is 0 Å². The smallest absolute Gasteiger partial charge is 0.480 e. The number of phosphoric acid groups is 1. The molecule has 20 heavy (non-hydrogen) atoms. The second kappa shape index (κ2) is 12.3. The SMILES string of the molecule is NCCCC[C@H](N)C(=O)O.O=P(O)(O)F.O=P(O)(O)O. The molecule has 14 heteroatoms. The van der Waals surface area contributed by atoms with Crippen LogP contribution in [-0.4, -0.2) is 48.1 Å². The van der Waals surface area contributed by atoms with Crippen LogP contribution in [0.3, 0.4) is 0 Å². The molecule has 0 radical (unpaired) electrons. The largest absolute Gasteiger partial charge is 0.507 e. The summed E-state index contributed by atoms with van der Waals surface area (Å²) in [6.07, 6.45) is 2.16. The maximum absolute atomic E-state index is 10.4. The number of unbranched alkanes of at least 4 members (excludes halogenated alkanes) is 1. The van der Waals surface area contributed by atoms with Gasteiger partial charge in [-0.05, 0) is 19.4 Å². The Hall–Kier alpha value is -0.420. The van der Waals surface area contributed by atoms with Crippen molar-refractivity contribution < 1.29 is 47.7 Å². The van der Waals surface area contributed by atoms with Crippen LogP contribution in [0.25, 0.3) is 0 Å². The molecule has 0 bridgehead atoms. The van der Waals surface area contributed by atoms with E-state index in [4.69, 9.17) is 50.2 Å². The van der Waals surface area contributed by atoms with Crippen molar-refractivity contribution in [3.05, 3.63) is 0 Å². The Bertz CT molecular complexity index is 307. The molecule has 0 aliphatic heterocycles. The van der Waals surface area contributed by atoms with E-state index in [-0.39, 0.29) is 0 Å². The third kappa shape index (κ3) is 65.6. The van der Waals surface area contributed by atoms with E-state index in [2.05, 4.69) is 0 Å². The maximum atomic E-state index is 10.4. The lowest BCUT2D eigenvalue weighted by Gasteiger charge is -2.03. The number of hydrogen-bond acceptors (Lipinski definition) is 5. The average Bonchev–Trinajstić information content (AvgIpc) is 2.12. The Morgan fingerprint density at radius 3 is 1.60 bits per heavy atom. The highest BCUT2D eigenvalue weighted by molar-refractivity contribution is 7.45. The molecule has 11 nitrogen and oxygen atoms in total. The number of carboxylic acid groups (broad SMARTS) is 1. The number of halogens is 1. The van der Waals surface area contributed by atoms with E-state index >= 15 is 0 Å². The number of nitrogens with two attached hydrogens (primary N) is 2. The third-order valence-corrected chi connectivity index (χ3v) is 1.29. The molecular weight excluding hydrogens is 325 g/mol. The minimum Gasteiger partial charge on any atom is -0.480 e. The lowest BCUT2D eigenvalue weighted by molar-refractivity contribution is -0.138. The zero-order valence-electron chi connectivity index (χ0n) is 10.2. The molecule has 10 N–H and O–H groups in total. The maximum Gasteiger partial charge on any atom is 0.507 e. The Morgan fingerprint density at radius 2 is 1.40 bits per heavy atom. The Balaban J connectivity index is -0.000000244. The predicted molar refractivity (Wildman–Crippen MR) is 65.9 cm³/mol. The Kier molecular flexibility index (Phi) is 15.2. The van der Waals surface area contributed by atoms with Gasteiger partial charge < -0.3 is 31.3 Å². The summed E-state index contributed by atoms with van der Waals surface area (Å²) in [6, 6.07) is -0.716. The molecule has 0 amide bonds. The number of rotatable bonds is 5. The Labute approximate surface area is 113 Å². The van der Waals surface area contributed by atoms with Crippen LogP contribution >= 0.6 is 15.7 Å². The van der Waals surface area contributed by atoms with E-state index in [0.29, 0.717) is 13.0 Å². The van der Waals surface area contributed by atoms with Gasteiger partial charge in [-0.25, -0.2) is 9.13 Å². The standard InChI is InChI=1S/C6H14N2O2.FH2O3P.H3O4P/c7-4-2-1-3-5(8)6(9)10;2*1-5(2,3)4/h5H,1-4,7-8H2,(H,9,10);(H2,2,3,4);(H3,1,2,3,4)/t5-;;/m0../s1. The van der Waals surface area contributed by atoms with Crippen LogP contribution in [0.4, 0.5) is 4.20 Å². The summed E-state index contributed by atoms with van der Waals surface area (Å²) in [5, 5.41) is 8.33. The fraction of sp³-hybridized carbons (Fsp3) is 0.833. The van der Waals surface area contributed by atoms with Gasteiger partial charge in [0.1, 0.15) is 6.04 Å². The normalized spacial score (nSPS) is 12.4. The van der Waals surface area contributed by atoms with Crippen molar-refractivity contribution >= 4 is 21.7 Å². The average molecular weight is 344 g/mol. The van der Waals surface area contributed by atoms with Crippen LogP contribution in [0, 0.1) is 0 Å². The fourth-order valence-corrected chi connectivity index (χ4v) is 0.632. The first-order valence-corrected chi connectivity index (χ1v) is 7.97. The first-order chi connectivity index (χ1) is 8.68. The first-order valence-electron chi connectivity index (χ1n) is 4.90. The molecule has 0 aliphatic carbocycles. The molecule has 0 unspecified atom stereocenters. The number of carboxylic acids is 1. The van der Waals surface area contributed by atoms with Crippen molar-refractivity contribution in [3.8, 4) is 0 Å². The molecule has 0 aromatic carbocycles. The quantitative estimate of drug-likeness (QED) is 0.215. The van der Waals surface area contributed by atoms with Crippen molar-refractivity contribution in [2.75, 3.05) is 6.54 Å². The molecule has 0 aromatic rings. The van der Waals surface area contributed by atoms with Gasteiger partial charge in [0, 0.05) is 0 Å². The predicted octanol–water partition coefficient (Wildman–Crippen LogP) is -1.35. The molecule has 0 rings (SSSR count). The van der Waals surface area contributed by atoms with Crippen molar-refractivity contribution in [3.63, 3.8) is 0 Å². The molecule has 0 saturated heterocycles. The van der Waals surface area contributed by atoms with E-state index < -0.39 is 27.7 Å². The monoisotopic (exact) mass is 344 g/mol. The molecule has 0 heterocycles. The van der Waals surface area contributed by atoms with E-state index in [1.807, 2.05) is 0 Å². The second-order valence-corrected chi connectivity index (χ2v) is 5.19. The van der Waals surface area contributed by atoms with Gasteiger partial charge in [-0.1, -0.05) is 6.42 Å². The van der Waals surface area contributed by atoms with E-state index in [1.54, 1.807) is 0 Å². The van der Waals surface area contributed by atoms with Crippen molar-refractivity contribution in [2.45, 2.75) is 25.3 Å². The van der Waals surface area contributed by atoms with E-state index in [1.165, 1.54) is 0 Å². The summed E-state index contributed by atoms with van der Waals surface area (Å²) >= 11 is 0. The lowest BCUT2D eigenvalue weighted by Crippen LogP contribution is -2.29. The highest BCUT2D eigenvalue weighted by atomic mass is 31.2. The van der Waals surface area contributed by atoms with E-state index in [9.17, 15) is 8.99 Å². The summed E-state index contributed by atoms with van der Waals surface area (Å²) in [5.41, 5.74) is 10.4. The van der Waals surface area contributed by atoms with Crippen LogP contribution in [0.1, 0.15) is 19.3 Å². The van der Waals surface area contributed by atoms with Gasteiger partial charge in [0.05, 0.1) is 0 Å². The highest BCUT2D eigenvalue weighted by Crippen LogP contribution is 2.35. The highest BCUT2D eigenvalue weighted by Gasteiger charge is 2.09. The fourth-order valence-electron chi connectivity index (χ4n) is 0.632. The molecule has 0 fully saturated rings. The summed E-state index contributed by atoms with van der Waals surface area (Å²) in [6.45, 7) is 0.604. The summed E-state index contributed by atoms with van der Waals surface area (Å²) in [7, 11) is -9.78. The lowest BCUT2D eigenvalue weighted by atomic mass is 10.1. The van der Waals surface area contributed by atoms with E-state index in [0.717, 1.165) is 12.8 Å². The minimum absolute atomic E-state index is 0.520. The molecular formula is C6H19FN2O9P2. The van der Waals surface area contributed by atoms with Crippen molar-refractivity contribution in [1.29, 1.82) is 0 Å².